The lowest BCUT2D eigenvalue weighted by Gasteiger charge is -2.35. The first-order valence-electron chi connectivity index (χ1n) is 6.68. The highest BCUT2D eigenvalue weighted by Crippen LogP contribution is 2.26. The quantitative estimate of drug-likeness (QED) is 0.886. The lowest BCUT2D eigenvalue weighted by atomic mass is 9.94. The molecule has 18 heavy (non-hydrogen) atoms. The molecule has 1 fully saturated rings. The van der Waals surface area contributed by atoms with E-state index in [1.54, 1.807) is 0 Å². The molecule has 1 aromatic rings. The number of hydrogen-bond acceptors (Lipinski definition) is 3. The lowest BCUT2D eigenvalue weighted by molar-refractivity contribution is 0.143. The van der Waals surface area contributed by atoms with Gasteiger partial charge in [-0.1, -0.05) is 12.1 Å². The van der Waals surface area contributed by atoms with Gasteiger partial charge < -0.3 is 5.73 Å². The standard InChI is InChI=1S/C15H21N3/c1-12(15-4-2-13(10-16)3-5-15)18-8-6-14(11-17)7-9-18/h2-5,12,14H,6-9,11,17H2,1H3. The summed E-state index contributed by atoms with van der Waals surface area (Å²) in [6.07, 6.45) is 2.41. The molecule has 3 nitrogen and oxygen atoms in total. The zero-order valence-electron chi connectivity index (χ0n) is 11.0. The summed E-state index contributed by atoms with van der Waals surface area (Å²) in [5.74, 6) is 0.703. The lowest BCUT2D eigenvalue weighted by Crippen LogP contribution is -2.37. The fraction of sp³-hybridized carbons (Fsp3) is 0.533. The molecule has 0 saturated carbocycles. The maximum atomic E-state index is 8.80. The Balaban J connectivity index is 1.98. The third-order valence-electron chi connectivity index (χ3n) is 4.05. The Morgan fingerprint density at radius 2 is 1.94 bits per heavy atom. The molecule has 3 heteroatoms. The van der Waals surface area contributed by atoms with Crippen LogP contribution in [0, 0.1) is 17.2 Å². The molecule has 2 N–H and O–H groups in total. The molecule has 1 saturated heterocycles. The molecule has 0 bridgehead atoms. The Bertz CT molecular complexity index is 410. The number of nitrogens with two attached hydrogens (primary N) is 1. The molecule has 0 radical (unpaired) electrons. The maximum absolute atomic E-state index is 8.80. The van der Waals surface area contributed by atoms with Crippen molar-refractivity contribution in [3.8, 4) is 6.07 Å². The van der Waals surface area contributed by atoms with Crippen LogP contribution in [0.15, 0.2) is 24.3 Å². The van der Waals surface area contributed by atoms with Gasteiger partial charge >= 0.3 is 0 Å². The summed E-state index contributed by atoms with van der Waals surface area (Å²) in [6, 6.07) is 10.5. The van der Waals surface area contributed by atoms with Crippen molar-refractivity contribution in [2.45, 2.75) is 25.8 Å². The van der Waals surface area contributed by atoms with Crippen LogP contribution in [0.2, 0.25) is 0 Å². The molecule has 1 heterocycles. The predicted octanol–water partition coefficient (Wildman–Crippen LogP) is 2.29. The van der Waals surface area contributed by atoms with E-state index in [9.17, 15) is 0 Å². The summed E-state index contributed by atoms with van der Waals surface area (Å²) in [4.78, 5) is 2.51. The van der Waals surface area contributed by atoms with Crippen molar-refractivity contribution in [3.63, 3.8) is 0 Å². The van der Waals surface area contributed by atoms with Crippen LogP contribution in [-0.2, 0) is 0 Å². The average Bonchev–Trinajstić information content (AvgIpc) is 2.47. The van der Waals surface area contributed by atoms with Crippen LogP contribution in [-0.4, -0.2) is 24.5 Å². The number of hydrogen-bond donors (Lipinski definition) is 1. The molecular formula is C15H21N3. The molecule has 2 rings (SSSR count). The van der Waals surface area contributed by atoms with Gasteiger partial charge in [-0.15, -0.1) is 0 Å². The van der Waals surface area contributed by atoms with E-state index in [4.69, 9.17) is 11.0 Å². The summed E-state index contributed by atoms with van der Waals surface area (Å²) < 4.78 is 0. The molecule has 1 aromatic carbocycles. The second-order valence-corrected chi connectivity index (χ2v) is 5.12. The number of benzene rings is 1. The van der Waals surface area contributed by atoms with Crippen LogP contribution in [0.3, 0.4) is 0 Å². The molecule has 96 valence electrons. The normalized spacial score (nSPS) is 19.4. The van der Waals surface area contributed by atoms with Crippen LogP contribution >= 0.6 is 0 Å². The first kappa shape index (κ1) is 13.1. The molecule has 0 spiro atoms. The Morgan fingerprint density at radius 1 is 1.33 bits per heavy atom. The SMILES string of the molecule is CC(c1ccc(C#N)cc1)N1CCC(CN)CC1. The van der Waals surface area contributed by atoms with Crippen LogP contribution in [0.25, 0.3) is 0 Å². The van der Waals surface area contributed by atoms with Crippen molar-refractivity contribution in [1.29, 1.82) is 5.26 Å². The van der Waals surface area contributed by atoms with Gasteiger partial charge in [0.25, 0.3) is 0 Å². The Kier molecular flexibility index (Phi) is 4.35. The maximum Gasteiger partial charge on any atom is 0.0991 e. The number of nitriles is 1. The van der Waals surface area contributed by atoms with E-state index in [0.29, 0.717) is 12.0 Å². The highest BCUT2D eigenvalue weighted by atomic mass is 15.2. The highest BCUT2D eigenvalue weighted by Gasteiger charge is 2.22. The molecule has 0 aromatic heterocycles. The van der Waals surface area contributed by atoms with E-state index >= 15 is 0 Å². The molecule has 1 atom stereocenters. The van der Waals surface area contributed by atoms with Gasteiger partial charge in [0.1, 0.15) is 0 Å². The summed E-state index contributed by atoms with van der Waals surface area (Å²) in [5, 5.41) is 8.80. The van der Waals surface area contributed by atoms with Gasteiger partial charge in [0.05, 0.1) is 11.6 Å². The fourth-order valence-corrected chi connectivity index (χ4v) is 2.62. The van der Waals surface area contributed by atoms with Gasteiger partial charge in [-0.3, -0.25) is 4.90 Å². The van der Waals surface area contributed by atoms with Gasteiger partial charge in [-0.2, -0.15) is 5.26 Å². The molecule has 0 amide bonds. The van der Waals surface area contributed by atoms with Crippen LogP contribution in [0.1, 0.15) is 36.9 Å². The van der Waals surface area contributed by atoms with E-state index in [1.165, 1.54) is 18.4 Å². The Morgan fingerprint density at radius 3 is 2.44 bits per heavy atom. The van der Waals surface area contributed by atoms with Crippen LogP contribution < -0.4 is 5.73 Å². The summed E-state index contributed by atoms with van der Waals surface area (Å²) >= 11 is 0. The molecular weight excluding hydrogens is 222 g/mol. The van der Waals surface area contributed by atoms with Gasteiger partial charge in [0.2, 0.25) is 0 Å². The third-order valence-corrected chi connectivity index (χ3v) is 4.05. The molecule has 0 aliphatic carbocycles. The summed E-state index contributed by atoms with van der Waals surface area (Å²) in [5.41, 5.74) is 7.74. The van der Waals surface area contributed by atoms with Gasteiger partial charge in [0.15, 0.2) is 0 Å². The smallest absolute Gasteiger partial charge is 0.0991 e. The zero-order chi connectivity index (χ0) is 13.0. The Hall–Kier alpha value is -1.37. The van der Waals surface area contributed by atoms with Gasteiger partial charge in [-0.05, 0) is 63.0 Å². The third kappa shape index (κ3) is 2.90. The highest BCUT2D eigenvalue weighted by molar-refractivity contribution is 5.32. The monoisotopic (exact) mass is 243 g/mol. The van der Waals surface area contributed by atoms with Crippen molar-refractivity contribution < 1.29 is 0 Å². The first-order valence-corrected chi connectivity index (χ1v) is 6.68. The predicted molar refractivity (Wildman–Crippen MR) is 72.9 cm³/mol. The van der Waals surface area contributed by atoms with E-state index in [2.05, 4.69) is 30.0 Å². The zero-order valence-corrected chi connectivity index (χ0v) is 11.0. The fourth-order valence-electron chi connectivity index (χ4n) is 2.62. The minimum absolute atomic E-state index is 0.427. The molecule has 1 aliphatic heterocycles. The number of nitrogens with zero attached hydrogens (tertiary/aromatic N) is 2. The summed E-state index contributed by atoms with van der Waals surface area (Å²) in [7, 11) is 0. The Labute approximate surface area is 109 Å². The van der Waals surface area contributed by atoms with Crippen molar-refractivity contribution in [1.82, 2.24) is 4.90 Å². The largest absolute Gasteiger partial charge is 0.330 e. The second-order valence-electron chi connectivity index (χ2n) is 5.12. The van der Waals surface area contributed by atoms with Gasteiger partial charge in [-0.25, -0.2) is 0 Å². The van der Waals surface area contributed by atoms with E-state index in [-0.39, 0.29) is 0 Å². The average molecular weight is 243 g/mol. The van der Waals surface area contributed by atoms with Crippen molar-refractivity contribution in [3.05, 3.63) is 35.4 Å². The molecule has 1 unspecified atom stereocenters. The van der Waals surface area contributed by atoms with Crippen LogP contribution in [0.5, 0.6) is 0 Å². The van der Waals surface area contributed by atoms with Crippen molar-refractivity contribution in [2.75, 3.05) is 19.6 Å². The van der Waals surface area contributed by atoms with Gasteiger partial charge in [0, 0.05) is 6.04 Å². The number of likely N-dealkylation sites (tertiary alicyclic amines) is 1. The van der Waals surface area contributed by atoms with E-state index < -0.39 is 0 Å². The second kappa shape index (κ2) is 5.99. The number of rotatable bonds is 3. The number of piperidine rings is 1. The minimum Gasteiger partial charge on any atom is -0.330 e. The van der Waals surface area contributed by atoms with Crippen LogP contribution in [0.4, 0.5) is 0 Å². The van der Waals surface area contributed by atoms with Crippen molar-refractivity contribution in [2.24, 2.45) is 11.7 Å². The minimum atomic E-state index is 0.427. The molecule has 1 aliphatic rings. The first-order chi connectivity index (χ1) is 8.74. The van der Waals surface area contributed by atoms with E-state index in [0.717, 1.165) is 25.2 Å². The summed E-state index contributed by atoms with van der Waals surface area (Å²) in [6.45, 7) is 5.31. The van der Waals surface area contributed by atoms with Crippen molar-refractivity contribution >= 4 is 0 Å². The van der Waals surface area contributed by atoms with E-state index in [1.807, 2.05) is 12.1 Å². The topological polar surface area (TPSA) is 53.0 Å².